The molecule has 76 valence electrons. The second-order valence-corrected chi connectivity index (χ2v) is 3.86. The van der Waals surface area contributed by atoms with Gasteiger partial charge in [0, 0.05) is 17.7 Å². The van der Waals surface area contributed by atoms with Crippen LogP contribution in [0.1, 0.15) is 5.56 Å². The molecular weight excluding hydrogens is 182 g/mol. The van der Waals surface area contributed by atoms with Gasteiger partial charge in [-0.3, -0.25) is 10.1 Å². The molecule has 0 aliphatic rings. The number of hydrogen-bond acceptors (Lipinski definition) is 3. The molecule has 0 saturated carbocycles. The Morgan fingerprint density at radius 2 is 1.86 bits per heavy atom. The summed E-state index contributed by atoms with van der Waals surface area (Å²) in [6, 6.07) is 6.44. The summed E-state index contributed by atoms with van der Waals surface area (Å²) in [7, 11) is 3.73. The van der Waals surface area contributed by atoms with Gasteiger partial charge in [-0.25, -0.2) is 4.59 Å². The number of nitro groups is 1. The molecule has 0 radical (unpaired) electrons. The quantitative estimate of drug-likeness (QED) is 0.340. The molecule has 0 aromatic heterocycles. The van der Waals surface area contributed by atoms with E-state index in [0.717, 1.165) is 5.56 Å². The summed E-state index contributed by atoms with van der Waals surface area (Å²) in [5.41, 5.74) is 1.10. The van der Waals surface area contributed by atoms with Gasteiger partial charge in [-0.05, 0) is 12.1 Å². The molecule has 1 aromatic carbocycles. The molecule has 0 heterocycles. The summed E-state index contributed by atoms with van der Waals surface area (Å²) in [6.07, 6.45) is 0. The minimum Gasteiger partial charge on any atom is -0.258 e. The van der Waals surface area contributed by atoms with Crippen molar-refractivity contribution in [2.75, 3.05) is 14.1 Å². The lowest BCUT2D eigenvalue weighted by atomic mass is 10.2. The van der Waals surface area contributed by atoms with Gasteiger partial charge in [0.1, 0.15) is 6.54 Å². The summed E-state index contributed by atoms with van der Waals surface area (Å²) in [6.45, 7) is 0.651. The van der Waals surface area contributed by atoms with E-state index in [0.29, 0.717) is 11.1 Å². The number of benzene rings is 1. The minimum atomic E-state index is -0.410. The van der Waals surface area contributed by atoms with E-state index >= 15 is 0 Å². The lowest BCUT2D eigenvalue weighted by molar-refractivity contribution is -0.915. The van der Waals surface area contributed by atoms with Crippen LogP contribution in [0.3, 0.4) is 0 Å². The van der Waals surface area contributed by atoms with Crippen molar-refractivity contribution in [3.8, 4) is 0 Å². The van der Waals surface area contributed by atoms with Gasteiger partial charge < -0.3 is 0 Å². The Balaban J connectivity index is 2.79. The first-order chi connectivity index (χ1) is 6.38. The van der Waals surface area contributed by atoms with Crippen molar-refractivity contribution < 1.29 is 9.52 Å². The largest absolute Gasteiger partial charge is 0.269 e. The van der Waals surface area contributed by atoms with Crippen molar-refractivity contribution in [1.29, 1.82) is 0 Å². The van der Waals surface area contributed by atoms with Crippen LogP contribution in [0.5, 0.6) is 0 Å². The number of hydrogen-bond donors (Lipinski definition) is 1. The van der Waals surface area contributed by atoms with Crippen molar-refractivity contribution in [3.05, 3.63) is 39.9 Å². The van der Waals surface area contributed by atoms with Gasteiger partial charge in [0.15, 0.2) is 0 Å². The normalized spacial score (nSPS) is 11.4. The Morgan fingerprint density at radius 1 is 1.36 bits per heavy atom. The van der Waals surface area contributed by atoms with Crippen LogP contribution in [0.25, 0.3) is 0 Å². The fraction of sp³-hybridized carbons (Fsp3) is 0.333. The molecule has 14 heavy (non-hydrogen) atoms. The maximum Gasteiger partial charge on any atom is 0.269 e. The molecule has 0 aliphatic carbocycles. The number of nitrogens with two attached hydrogens (primary N) is 1. The van der Waals surface area contributed by atoms with Crippen molar-refractivity contribution >= 4 is 5.69 Å². The van der Waals surface area contributed by atoms with Crippen LogP contribution < -0.4 is 5.84 Å². The zero-order valence-electron chi connectivity index (χ0n) is 8.30. The summed E-state index contributed by atoms with van der Waals surface area (Å²) in [4.78, 5) is 9.96. The molecular formula is C9H14N3O2+. The molecule has 5 heteroatoms. The predicted octanol–water partition coefficient (Wildman–Crippen LogP) is 1.04. The highest BCUT2D eigenvalue weighted by Crippen LogP contribution is 2.13. The number of nitrogens with zero attached hydrogens (tertiary/aromatic N) is 2. The van der Waals surface area contributed by atoms with Crippen molar-refractivity contribution in [2.45, 2.75) is 6.54 Å². The van der Waals surface area contributed by atoms with E-state index in [1.807, 2.05) is 14.1 Å². The zero-order valence-corrected chi connectivity index (χ0v) is 8.30. The Labute approximate surface area is 82.5 Å². The minimum absolute atomic E-state index is 0.107. The standard InChI is InChI=1S/C9H14N3O2/c1-12(2,10)7-8-3-5-9(6-4-8)11(13)14/h3-6H,7,10H2,1-2H3/q+1. The molecule has 0 atom stereocenters. The maximum absolute atomic E-state index is 10.4. The molecule has 1 rings (SSSR count). The van der Waals surface area contributed by atoms with Crippen LogP contribution in [-0.4, -0.2) is 23.6 Å². The number of rotatable bonds is 3. The Kier molecular flexibility index (Phi) is 2.83. The van der Waals surface area contributed by atoms with Crippen molar-refractivity contribution in [2.24, 2.45) is 5.84 Å². The van der Waals surface area contributed by atoms with Gasteiger partial charge >= 0.3 is 0 Å². The third kappa shape index (κ3) is 3.12. The zero-order chi connectivity index (χ0) is 10.8. The Bertz CT molecular complexity index is 327. The van der Waals surface area contributed by atoms with Crippen LogP contribution in [0, 0.1) is 10.1 Å². The van der Waals surface area contributed by atoms with E-state index in [4.69, 9.17) is 5.84 Å². The Hall–Kier alpha value is -1.46. The van der Waals surface area contributed by atoms with E-state index in [1.54, 1.807) is 12.1 Å². The van der Waals surface area contributed by atoms with Crippen LogP contribution in [-0.2, 0) is 6.54 Å². The lowest BCUT2D eigenvalue weighted by Crippen LogP contribution is -2.45. The van der Waals surface area contributed by atoms with E-state index in [1.165, 1.54) is 12.1 Å². The van der Waals surface area contributed by atoms with Crippen LogP contribution in [0.15, 0.2) is 24.3 Å². The highest BCUT2D eigenvalue weighted by Gasteiger charge is 2.11. The van der Waals surface area contributed by atoms with E-state index in [-0.39, 0.29) is 5.69 Å². The first-order valence-electron chi connectivity index (χ1n) is 4.23. The predicted molar refractivity (Wildman–Crippen MR) is 53.1 cm³/mol. The first-order valence-corrected chi connectivity index (χ1v) is 4.23. The second kappa shape index (κ2) is 3.73. The highest BCUT2D eigenvalue weighted by molar-refractivity contribution is 5.32. The van der Waals surface area contributed by atoms with Gasteiger partial charge in [0.05, 0.1) is 19.0 Å². The SMILES string of the molecule is C[N+](C)(N)Cc1ccc([N+](=O)[O-])cc1. The fourth-order valence-electron chi connectivity index (χ4n) is 1.19. The summed E-state index contributed by atoms with van der Waals surface area (Å²) in [5.74, 6) is 5.77. The molecule has 0 fully saturated rings. The topological polar surface area (TPSA) is 69.2 Å². The fourth-order valence-corrected chi connectivity index (χ4v) is 1.19. The lowest BCUT2D eigenvalue weighted by Gasteiger charge is -2.21. The van der Waals surface area contributed by atoms with Crippen molar-refractivity contribution in [3.63, 3.8) is 0 Å². The molecule has 0 spiro atoms. The monoisotopic (exact) mass is 196 g/mol. The van der Waals surface area contributed by atoms with Gasteiger partial charge in [0.2, 0.25) is 0 Å². The maximum atomic E-state index is 10.4. The molecule has 1 aromatic rings. The smallest absolute Gasteiger partial charge is 0.258 e. The molecule has 0 bridgehead atoms. The number of quaternary nitrogens is 1. The van der Waals surface area contributed by atoms with E-state index < -0.39 is 4.92 Å². The van der Waals surface area contributed by atoms with Crippen LogP contribution in [0.2, 0.25) is 0 Å². The van der Waals surface area contributed by atoms with Gasteiger partial charge in [-0.15, -0.1) is 0 Å². The highest BCUT2D eigenvalue weighted by atomic mass is 16.6. The Morgan fingerprint density at radius 3 is 2.21 bits per heavy atom. The third-order valence-corrected chi connectivity index (χ3v) is 1.74. The average molecular weight is 196 g/mol. The van der Waals surface area contributed by atoms with E-state index in [9.17, 15) is 10.1 Å². The van der Waals surface area contributed by atoms with E-state index in [2.05, 4.69) is 0 Å². The molecule has 0 saturated heterocycles. The summed E-state index contributed by atoms with van der Waals surface area (Å²) < 4.78 is 0.317. The average Bonchev–Trinajstić information content (AvgIpc) is 2.02. The summed E-state index contributed by atoms with van der Waals surface area (Å²) in [5, 5.41) is 10.4. The molecule has 0 amide bonds. The van der Waals surface area contributed by atoms with Crippen molar-refractivity contribution in [1.82, 2.24) is 0 Å². The summed E-state index contributed by atoms with van der Waals surface area (Å²) >= 11 is 0. The van der Waals surface area contributed by atoms with Gasteiger partial charge in [-0.2, -0.15) is 5.84 Å². The third-order valence-electron chi connectivity index (χ3n) is 1.74. The van der Waals surface area contributed by atoms with Gasteiger partial charge in [0.25, 0.3) is 5.69 Å². The number of non-ortho nitro benzene ring substituents is 1. The molecule has 0 aliphatic heterocycles. The number of nitro benzene ring substituents is 1. The first kappa shape index (κ1) is 10.6. The van der Waals surface area contributed by atoms with Gasteiger partial charge in [-0.1, -0.05) is 0 Å². The van der Waals surface area contributed by atoms with Crippen LogP contribution in [0.4, 0.5) is 5.69 Å². The molecule has 0 unspecified atom stereocenters. The second-order valence-electron chi connectivity index (χ2n) is 3.86. The molecule has 2 N–H and O–H groups in total. The molecule has 5 nitrogen and oxygen atoms in total. The van der Waals surface area contributed by atoms with Crippen LogP contribution >= 0.6 is 0 Å².